The van der Waals surface area contributed by atoms with Gasteiger partial charge in [0.25, 0.3) is 0 Å². The first-order valence-electron chi connectivity index (χ1n) is 17.4. The maximum absolute atomic E-state index is 2.38. The molecule has 0 saturated carbocycles. The molecule has 3 heterocycles. The fraction of sp³-hybridized carbons (Fsp3) is 0.0870. The van der Waals surface area contributed by atoms with E-state index in [1.54, 1.807) is 0 Å². The van der Waals surface area contributed by atoms with Crippen molar-refractivity contribution in [1.29, 1.82) is 0 Å². The van der Waals surface area contributed by atoms with Gasteiger partial charge in [-0.2, -0.15) is 0 Å². The molecule has 5 heteroatoms. The molecule has 0 aliphatic carbocycles. The first-order valence-corrected chi connectivity index (χ1v) is 18.3. The number of hydrogen-bond donors (Lipinski definition) is 0. The number of anilines is 5. The molecule has 246 valence electrons. The third-order valence-corrected chi connectivity index (χ3v) is 11.9. The van der Waals surface area contributed by atoms with E-state index >= 15 is 0 Å². The van der Waals surface area contributed by atoms with E-state index in [0.29, 0.717) is 0 Å². The Labute approximate surface area is 300 Å². The number of thiophene rings is 1. The molecule has 0 fully saturated rings. The van der Waals surface area contributed by atoms with Gasteiger partial charge in [-0.3, -0.25) is 0 Å². The van der Waals surface area contributed by atoms with E-state index in [1.807, 2.05) is 11.3 Å². The van der Waals surface area contributed by atoms with Crippen molar-refractivity contribution in [2.24, 2.45) is 14.1 Å². The monoisotopic (exact) mass is 676 g/mol. The number of benzene rings is 7. The number of para-hydroxylation sites is 1. The zero-order chi connectivity index (χ0) is 34.4. The summed E-state index contributed by atoms with van der Waals surface area (Å²) < 4.78 is 7.33. The van der Waals surface area contributed by atoms with Crippen molar-refractivity contribution in [3.8, 4) is 0 Å². The Morgan fingerprint density at radius 3 is 1.57 bits per heavy atom. The van der Waals surface area contributed by atoms with Crippen LogP contribution in [-0.2, 0) is 14.1 Å². The molecule has 51 heavy (non-hydrogen) atoms. The minimum Gasteiger partial charge on any atom is -0.345 e. The number of aromatic nitrogens is 2. The molecule has 3 aromatic heterocycles. The van der Waals surface area contributed by atoms with E-state index in [9.17, 15) is 0 Å². The summed E-state index contributed by atoms with van der Waals surface area (Å²) in [6.07, 6.45) is 0. The summed E-state index contributed by atoms with van der Waals surface area (Å²) in [6, 6.07) is 53.6. The van der Waals surface area contributed by atoms with Gasteiger partial charge in [-0.25, -0.2) is 0 Å². The van der Waals surface area contributed by atoms with Gasteiger partial charge in [0.1, 0.15) is 0 Å². The molecule has 0 amide bonds. The molecule has 0 atom stereocenters. The Balaban J connectivity index is 1.08. The molecule has 10 aromatic rings. The molecule has 10 rings (SSSR count). The van der Waals surface area contributed by atoms with Crippen LogP contribution in [0, 0.1) is 6.92 Å². The average molecular weight is 677 g/mol. The fourth-order valence-corrected chi connectivity index (χ4v) is 9.15. The van der Waals surface area contributed by atoms with Gasteiger partial charge in [-0.1, -0.05) is 66.7 Å². The maximum atomic E-state index is 2.38. The normalized spacial score (nSPS) is 11.9. The first-order chi connectivity index (χ1) is 24.9. The highest BCUT2D eigenvalue weighted by Gasteiger charge is 2.19. The molecule has 0 unspecified atom stereocenters. The number of aryl methyl sites for hydroxylation is 3. The lowest BCUT2D eigenvalue weighted by molar-refractivity contribution is 1.01. The third kappa shape index (κ3) is 4.58. The second-order valence-corrected chi connectivity index (χ2v) is 14.8. The smallest absolute Gasteiger partial charge is 0.0509 e. The van der Waals surface area contributed by atoms with Crippen LogP contribution in [0.25, 0.3) is 63.8 Å². The van der Waals surface area contributed by atoms with Gasteiger partial charge in [-0.15, -0.1) is 11.3 Å². The highest BCUT2D eigenvalue weighted by molar-refractivity contribution is 7.25. The molecule has 0 spiro atoms. The largest absolute Gasteiger partial charge is 0.345 e. The number of fused-ring (bicyclic) bond motifs is 9. The third-order valence-electron chi connectivity index (χ3n) is 10.8. The predicted molar refractivity (Wildman–Crippen MR) is 221 cm³/mol. The Hall–Kier alpha value is -6.04. The van der Waals surface area contributed by atoms with Crippen molar-refractivity contribution in [2.75, 3.05) is 16.8 Å². The van der Waals surface area contributed by atoms with Crippen LogP contribution in [0.3, 0.4) is 0 Å². The van der Waals surface area contributed by atoms with Gasteiger partial charge in [-0.05, 0) is 91.3 Å². The van der Waals surface area contributed by atoms with Crippen LogP contribution < -0.4 is 9.80 Å². The number of nitrogens with zero attached hydrogens (tertiary/aromatic N) is 4. The van der Waals surface area contributed by atoms with E-state index in [2.05, 4.69) is 193 Å². The zero-order valence-corrected chi connectivity index (χ0v) is 29.9. The van der Waals surface area contributed by atoms with Crippen LogP contribution in [0.4, 0.5) is 28.4 Å². The van der Waals surface area contributed by atoms with E-state index in [4.69, 9.17) is 0 Å². The summed E-state index contributed by atoms with van der Waals surface area (Å²) in [5, 5.41) is 7.72. The standard InChI is InChI=1S/C46H36N4S/c1-29-14-19-35-37-21-16-33(27-43(37)48(3)41(35)24-29)50(30-10-6-5-7-11-30)34-17-22-38-36-20-15-32(26-42(36)49(4)44(38)28-34)47(2)31-18-23-46-40(25-31)39-12-8-9-13-45(39)51-46/h5-28H,1-4H3. The molecule has 0 radical (unpaired) electrons. The Morgan fingerprint density at radius 2 is 0.902 bits per heavy atom. The highest BCUT2D eigenvalue weighted by atomic mass is 32.1. The van der Waals surface area contributed by atoms with Gasteiger partial charge >= 0.3 is 0 Å². The minimum absolute atomic E-state index is 1.13. The molecule has 0 aliphatic rings. The van der Waals surface area contributed by atoms with Gasteiger partial charge < -0.3 is 18.9 Å². The van der Waals surface area contributed by atoms with Crippen molar-refractivity contribution < 1.29 is 0 Å². The van der Waals surface area contributed by atoms with E-state index < -0.39 is 0 Å². The van der Waals surface area contributed by atoms with Crippen molar-refractivity contribution in [3.05, 3.63) is 151 Å². The average Bonchev–Trinajstić information content (AvgIpc) is 3.78. The van der Waals surface area contributed by atoms with Crippen LogP contribution in [-0.4, -0.2) is 16.2 Å². The van der Waals surface area contributed by atoms with Crippen molar-refractivity contribution in [3.63, 3.8) is 0 Å². The molecule has 4 nitrogen and oxygen atoms in total. The molecule has 0 saturated heterocycles. The van der Waals surface area contributed by atoms with Gasteiger partial charge in [0.15, 0.2) is 0 Å². The first kappa shape index (κ1) is 29.8. The van der Waals surface area contributed by atoms with Crippen LogP contribution in [0.1, 0.15) is 5.56 Å². The summed E-state index contributed by atoms with van der Waals surface area (Å²) in [5.41, 5.74) is 11.9. The van der Waals surface area contributed by atoms with E-state index in [1.165, 1.54) is 75.0 Å². The second-order valence-electron chi connectivity index (χ2n) is 13.8. The Morgan fingerprint density at radius 1 is 0.412 bits per heavy atom. The van der Waals surface area contributed by atoms with Crippen molar-refractivity contribution in [1.82, 2.24) is 9.13 Å². The molecule has 7 aromatic carbocycles. The molecule has 0 aliphatic heterocycles. The highest BCUT2D eigenvalue weighted by Crippen LogP contribution is 2.42. The molecule has 0 bridgehead atoms. The fourth-order valence-electron chi connectivity index (χ4n) is 8.07. The Bertz CT molecular complexity index is 2980. The lowest BCUT2D eigenvalue weighted by Gasteiger charge is -2.26. The predicted octanol–water partition coefficient (Wildman–Crippen LogP) is 12.9. The second kappa shape index (κ2) is 11.2. The quantitative estimate of drug-likeness (QED) is 0.180. The van der Waals surface area contributed by atoms with E-state index in [0.717, 1.165) is 22.7 Å². The summed E-state index contributed by atoms with van der Waals surface area (Å²) >= 11 is 1.86. The molecular formula is C46H36N4S. The van der Waals surface area contributed by atoms with Crippen molar-refractivity contribution >= 4 is 104 Å². The summed E-state index contributed by atoms with van der Waals surface area (Å²) in [6.45, 7) is 2.16. The number of rotatable bonds is 5. The van der Waals surface area contributed by atoms with Gasteiger partial charge in [0, 0.05) is 96.8 Å². The molecular weight excluding hydrogens is 641 g/mol. The van der Waals surface area contributed by atoms with Crippen LogP contribution in [0.2, 0.25) is 0 Å². The SMILES string of the molecule is Cc1ccc2c3ccc(N(c4ccccc4)c4ccc5c6ccc(N(C)c7ccc8sc9ccccc9c8c7)cc6n(C)c5c4)cc3n(C)c2c1. The van der Waals surface area contributed by atoms with E-state index in [-0.39, 0.29) is 0 Å². The zero-order valence-electron chi connectivity index (χ0n) is 29.1. The number of hydrogen-bond acceptors (Lipinski definition) is 3. The van der Waals surface area contributed by atoms with Gasteiger partial charge in [0.05, 0.1) is 16.6 Å². The summed E-state index contributed by atoms with van der Waals surface area (Å²) in [5.74, 6) is 0. The van der Waals surface area contributed by atoms with Crippen molar-refractivity contribution in [2.45, 2.75) is 6.92 Å². The lowest BCUT2D eigenvalue weighted by Crippen LogP contribution is -2.10. The lowest BCUT2D eigenvalue weighted by atomic mass is 10.1. The van der Waals surface area contributed by atoms with Crippen LogP contribution >= 0.6 is 11.3 Å². The topological polar surface area (TPSA) is 16.3 Å². The van der Waals surface area contributed by atoms with Crippen LogP contribution in [0.5, 0.6) is 0 Å². The Kier molecular flexibility index (Phi) is 6.58. The minimum atomic E-state index is 1.13. The summed E-state index contributed by atoms with van der Waals surface area (Å²) in [4.78, 5) is 4.68. The molecule has 0 N–H and O–H groups in total. The van der Waals surface area contributed by atoms with Crippen LogP contribution in [0.15, 0.2) is 146 Å². The maximum Gasteiger partial charge on any atom is 0.0509 e. The summed E-state index contributed by atoms with van der Waals surface area (Å²) in [7, 11) is 6.54. The van der Waals surface area contributed by atoms with Gasteiger partial charge in [0.2, 0.25) is 0 Å².